The van der Waals surface area contributed by atoms with E-state index in [1.165, 1.54) is 12.1 Å². The average Bonchev–Trinajstić information content (AvgIpc) is 2.63. The molecule has 0 saturated carbocycles. The molecule has 0 aliphatic carbocycles. The van der Waals surface area contributed by atoms with E-state index in [0.717, 1.165) is 37.2 Å². The lowest BCUT2D eigenvalue weighted by Crippen LogP contribution is -2.37. The number of nitrogens with zero attached hydrogens (tertiary/aromatic N) is 2. The molecule has 0 radical (unpaired) electrons. The second-order valence-corrected chi connectivity index (χ2v) is 6.32. The van der Waals surface area contributed by atoms with Crippen LogP contribution in [0.5, 0.6) is 0 Å². The topological polar surface area (TPSA) is 83.7 Å². The van der Waals surface area contributed by atoms with Crippen LogP contribution in [0.3, 0.4) is 0 Å². The van der Waals surface area contributed by atoms with E-state index in [4.69, 9.17) is 0 Å². The monoisotopic (exact) mass is 340 g/mol. The van der Waals surface area contributed by atoms with Crippen molar-refractivity contribution in [1.82, 2.24) is 0 Å². The Balaban J connectivity index is 1.68. The van der Waals surface area contributed by atoms with Gasteiger partial charge in [-0.2, -0.15) is 0 Å². The van der Waals surface area contributed by atoms with Gasteiger partial charge in [-0.25, -0.2) is 0 Å². The highest BCUT2D eigenvalue weighted by atomic mass is 16.6. The second kappa shape index (κ2) is 7.34. The molecule has 0 bridgehead atoms. The summed E-state index contributed by atoms with van der Waals surface area (Å²) in [7, 11) is 0. The number of carboxylic acids is 1. The van der Waals surface area contributed by atoms with Crippen molar-refractivity contribution in [3.05, 3.63) is 70.3 Å². The van der Waals surface area contributed by atoms with Gasteiger partial charge in [0, 0.05) is 30.9 Å². The Morgan fingerprint density at radius 2 is 1.68 bits per heavy atom. The van der Waals surface area contributed by atoms with Crippen molar-refractivity contribution >= 4 is 17.3 Å². The normalized spacial score (nSPS) is 16.4. The number of nitro benzene ring substituents is 1. The molecular formula is C19H20N2O4. The Bertz CT molecular complexity index is 738. The largest absolute Gasteiger partial charge is 0.481 e. The summed E-state index contributed by atoms with van der Waals surface area (Å²) in [5.41, 5.74) is 1.87. The molecule has 6 nitrogen and oxygen atoms in total. The van der Waals surface area contributed by atoms with Gasteiger partial charge in [0.15, 0.2) is 0 Å². The van der Waals surface area contributed by atoms with E-state index in [1.807, 2.05) is 30.3 Å². The molecule has 25 heavy (non-hydrogen) atoms. The number of piperidine rings is 1. The minimum absolute atomic E-state index is 0.0775. The summed E-state index contributed by atoms with van der Waals surface area (Å²) in [5, 5.41) is 20.4. The van der Waals surface area contributed by atoms with Gasteiger partial charge in [-0.3, -0.25) is 14.9 Å². The van der Waals surface area contributed by atoms with Gasteiger partial charge < -0.3 is 10.0 Å². The van der Waals surface area contributed by atoms with Crippen molar-refractivity contribution in [3.63, 3.8) is 0 Å². The minimum Gasteiger partial charge on any atom is -0.481 e. The van der Waals surface area contributed by atoms with Crippen LogP contribution in [-0.2, 0) is 4.79 Å². The zero-order valence-electron chi connectivity index (χ0n) is 13.7. The van der Waals surface area contributed by atoms with Gasteiger partial charge in [-0.05, 0) is 36.5 Å². The molecule has 1 atom stereocenters. The molecule has 130 valence electrons. The Hall–Kier alpha value is -2.89. The fourth-order valence-electron chi connectivity index (χ4n) is 3.55. The first-order chi connectivity index (χ1) is 12.1. The van der Waals surface area contributed by atoms with Crippen molar-refractivity contribution in [3.8, 4) is 0 Å². The Morgan fingerprint density at radius 1 is 1.08 bits per heavy atom. The van der Waals surface area contributed by atoms with E-state index in [9.17, 15) is 20.0 Å². The first kappa shape index (κ1) is 17.0. The predicted octanol–water partition coefficient (Wildman–Crippen LogP) is 3.68. The molecule has 1 aliphatic heterocycles. The van der Waals surface area contributed by atoms with Gasteiger partial charge in [0.05, 0.1) is 10.8 Å². The lowest BCUT2D eigenvalue weighted by molar-refractivity contribution is -0.384. The SMILES string of the molecule is O=C(O)C(c1ccccc1)C1CCN(c2ccc([N+](=O)[O-])cc2)CC1. The van der Waals surface area contributed by atoms with E-state index in [-0.39, 0.29) is 11.6 Å². The zero-order chi connectivity index (χ0) is 17.8. The number of aliphatic carboxylic acids is 1. The van der Waals surface area contributed by atoms with Crippen LogP contribution in [0, 0.1) is 16.0 Å². The van der Waals surface area contributed by atoms with Crippen LogP contribution in [0.1, 0.15) is 24.3 Å². The zero-order valence-corrected chi connectivity index (χ0v) is 13.7. The Kier molecular flexibility index (Phi) is 4.97. The lowest BCUT2D eigenvalue weighted by Gasteiger charge is -2.36. The van der Waals surface area contributed by atoms with E-state index in [0.29, 0.717) is 0 Å². The van der Waals surface area contributed by atoms with E-state index in [2.05, 4.69) is 4.90 Å². The number of hydrogen-bond acceptors (Lipinski definition) is 4. The molecule has 0 aromatic heterocycles. The van der Waals surface area contributed by atoms with Gasteiger partial charge in [0.25, 0.3) is 5.69 Å². The first-order valence-corrected chi connectivity index (χ1v) is 8.33. The second-order valence-electron chi connectivity index (χ2n) is 6.32. The first-order valence-electron chi connectivity index (χ1n) is 8.33. The van der Waals surface area contributed by atoms with Gasteiger partial charge >= 0.3 is 5.97 Å². The molecule has 1 heterocycles. The van der Waals surface area contributed by atoms with Crippen LogP contribution >= 0.6 is 0 Å². The van der Waals surface area contributed by atoms with Crippen molar-refractivity contribution in [2.24, 2.45) is 5.92 Å². The molecule has 0 amide bonds. The minimum atomic E-state index is -0.778. The number of carbonyl (C=O) groups is 1. The summed E-state index contributed by atoms with van der Waals surface area (Å²) in [5.74, 6) is -1.17. The quantitative estimate of drug-likeness (QED) is 0.663. The average molecular weight is 340 g/mol. The maximum atomic E-state index is 11.8. The lowest BCUT2D eigenvalue weighted by atomic mass is 9.80. The van der Waals surface area contributed by atoms with Gasteiger partial charge in [-0.15, -0.1) is 0 Å². The van der Waals surface area contributed by atoms with Crippen molar-refractivity contribution in [1.29, 1.82) is 0 Å². The van der Waals surface area contributed by atoms with Gasteiger partial charge in [0.1, 0.15) is 0 Å². The predicted molar refractivity (Wildman–Crippen MR) is 94.9 cm³/mol. The molecule has 2 aromatic carbocycles. The molecule has 1 N–H and O–H groups in total. The van der Waals surface area contributed by atoms with Crippen molar-refractivity contribution in [2.75, 3.05) is 18.0 Å². The number of anilines is 1. The highest BCUT2D eigenvalue weighted by molar-refractivity contribution is 5.76. The van der Waals surface area contributed by atoms with Crippen molar-refractivity contribution < 1.29 is 14.8 Å². The highest BCUT2D eigenvalue weighted by Gasteiger charge is 2.32. The fourth-order valence-corrected chi connectivity index (χ4v) is 3.55. The van der Waals surface area contributed by atoms with E-state index >= 15 is 0 Å². The third-order valence-electron chi connectivity index (χ3n) is 4.86. The molecule has 1 fully saturated rings. The smallest absolute Gasteiger partial charge is 0.311 e. The molecule has 3 rings (SSSR count). The van der Waals surface area contributed by atoms with Crippen LogP contribution < -0.4 is 4.90 Å². The molecular weight excluding hydrogens is 320 g/mol. The number of nitro groups is 1. The summed E-state index contributed by atoms with van der Waals surface area (Å²) in [6.45, 7) is 1.50. The maximum Gasteiger partial charge on any atom is 0.311 e. The molecule has 0 spiro atoms. The molecule has 6 heteroatoms. The number of benzene rings is 2. The number of hydrogen-bond donors (Lipinski definition) is 1. The van der Waals surface area contributed by atoms with Gasteiger partial charge in [-0.1, -0.05) is 30.3 Å². The summed E-state index contributed by atoms with van der Waals surface area (Å²) in [6.07, 6.45) is 1.56. The van der Waals surface area contributed by atoms with Crippen molar-refractivity contribution in [2.45, 2.75) is 18.8 Å². The van der Waals surface area contributed by atoms with E-state index < -0.39 is 16.8 Å². The molecule has 1 unspecified atom stereocenters. The number of rotatable bonds is 5. The third kappa shape index (κ3) is 3.79. The molecule has 2 aromatic rings. The van der Waals surface area contributed by atoms with Crippen LogP contribution in [-0.4, -0.2) is 29.1 Å². The highest BCUT2D eigenvalue weighted by Crippen LogP contribution is 2.34. The summed E-state index contributed by atoms with van der Waals surface area (Å²) in [4.78, 5) is 24.3. The molecule has 1 saturated heterocycles. The number of carboxylic acid groups (broad SMARTS) is 1. The maximum absolute atomic E-state index is 11.8. The Labute approximate surface area is 145 Å². The number of non-ortho nitro benzene ring substituents is 1. The summed E-state index contributed by atoms with van der Waals surface area (Å²) < 4.78 is 0. The summed E-state index contributed by atoms with van der Waals surface area (Å²) in [6, 6.07) is 15.9. The van der Waals surface area contributed by atoms with Crippen LogP contribution in [0.15, 0.2) is 54.6 Å². The standard InChI is InChI=1S/C19H20N2O4/c22-19(23)18(14-4-2-1-3-5-14)15-10-12-20(13-11-15)16-6-8-17(9-7-16)21(24)25/h1-9,15,18H,10-13H2,(H,22,23). The van der Waals surface area contributed by atoms with Crippen LogP contribution in [0.2, 0.25) is 0 Å². The summed E-state index contributed by atoms with van der Waals surface area (Å²) >= 11 is 0. The van der Waals surface area contributed by atoms with Crippen LogP contribution in [0.25, 0.3) is 0 Å². The third-order valence-corrected chi connectivity index (χ3v) is 4.86. The fraction of sp³-hybridized carbons (Fsp3) is 0.316. The Morgan fingerprint density at radius 3 is 2.20 bits per heavy atom. The van der Waals surface area contributed by atoms with E-state index in [1.54, 1.807) is 12.1 Å². The molecule has 1 aliphatic rings. The van der Waals surface area contributed by atoms with Crippen LogP contribution in [0.4, 0.5) is 11.4 Å². The van der Waals surface area contributed by atoms with Gasteiger partial charge in [0.2, 0.25) is 0 Å².